The Morgan fingerprint density at radius 2 is 0.733 bits per heavy atom. The highest BCUT2D eigenvalue weighted by molar-refractivity contribution is 5.94. The molecule has 0 aliphatic carbocycles. The molecule has 0 saturated carbocycles. The van der Waals surface area contributed by atoms with Crippen LogP contribution in [-0.2, 0) is 0 Å². The summed E-state index contributed by atoms with van der Waals surface area (Å²) in [6.07, 6.45) is 8.76. The molecule has 5 aromatic rings. The van der Waals surface area contributed by atoms with Crippen LogP contribution in [0, 0.1) is 0 Å². The molecule has 0 atom stereocenters. The fraction of sp³-hybridized carbons (Fsp3) is 0. The number of hydrogen-bond acceptors (Lipinski definition) is 0. The molecule has 0 heterocycles. The highest BCUT2D eigenvalue weighted by Crippen LogP contribution is 2.22. The molecule has 0 heteroatoms. The van der Waals surface area contributed by atoms with Crippen LogP contribution in [0.4, 0.5) is 0 Å². The van der Waals surface area contributed by atoms with Gasteiger partial charge in [-0.15, -0.1) is 0 Å². The normalized spacial score (nSPS) is 11.7. The molecule has 5 rings (SSSR count). The van der Waals surface area contributed by atoms with Crippen LogP contribution in [0.25, 0.3) is 45.8 Å². The maximum atomic E-state index is 2.20. The zero-order valence-corrected chi connectivity index (χ0v) is 16.7. The third-order valence-electron chi connectivity index (χ3n) is 5.49. The summed E-state index contributed by atoms with van der Waals surface area (Å²) in [7, 11) is 0. The maximum Gasteiger partial charge on any atom is -0.0111 e. The van der Waals surface area contributed by atoms with Gasteiger partial charge in [0.1, 0.15) is 0 Å². The van der Waals surface area contributed by atoms with Gasteiger partial charge in [0.15, 0.2) is 0 Å². The van der Waals surface area contributed by atoms with Crippen molar-refractivity contribution in [2.24, 2.45) is 0 Å². The third kappa shape index (κ3) is 3.81. The second-order valence-electron chi connectivity index (χ2n) is 7.47. The van der Waals surface area contributed by atoms with E-state index in [0.717, 1.165) is 0 Å². The van der Waals surface area contributed by atoms with E-state index in [2.05, 4.69) is 133 Å². The maximum absolute atomic E-state index is 2.20. The Morgan fingerprint density at radius 3 is 1.20 bits per heavy atom. The predicted octanol–water partition coefficient (Wildman–Crippen LogP) is 8.33. The van der Waals surface area contributed by atoms with E-state index in [9.17, 15) is 0 Å². The minimum absolute atomic E-state index is 1.20. The number of fused-ring (bicyclic) bond motifs is 2. The van der Waals surface area contributed by atoms with Gasteiger partial charge in [-0.2, -0.15) is 0 Å². The molecule has 0 bridgehead atoms. The molecule has 0 N–H and O–H groups in total. The van der Waals surface area contributed by atoms with Crippen molar-refractivity contribution in [1.82, 2.24) is 0 Å². The molecule has 0 saturated heterocycles. The first-order valence-electron chi connectivity index (χ1n) is 10.3. The van der Waals surface area contributed by atoms with Crippen LogP contribution in [0.2, 0.25) is 0 Å². The molecule has 5 aromatic carbocycles. The van der Waals surface area contributed by atoms with Crippen molar-refractivity contribution in [2.75, 3.05) is 0 Å². The lowest BCUT2D eigenvalue weighted by Crippen LogP contribution is -1.79. The lowest BCUT2D eigenvalue weighted by molar-refractivity contribution is 1.62. The zero-order chi connectivity index (χ0) is 20.2. The van der Waals surface area contributed by atoms with Crippen molar-refractivity contribution in [3.63, 3.8) is 0 Å². The smallest absolute Gasteiger partial charge is 0.0111 e. The van der Waals surface area contributed by atoms with Crippen molar-refractivity contribution >= 4 is 45.8 Å². The van der Waals surface area contributed by atoms with E-state index in [1.54, 1.807) is 0 Å². The molecule has 142 valence electrons. The summed E-state index contributed by atoms with van der Waals surface area (Å²) in [5.74, 6) is 0. The highest BCUT2D eigenvalue weighted by atomic mass is 14.0. The quantitative estimate of drug-likeness (QED) is 0.274. The minimum atomic E-state index is 1.20. The monoisotopic (exact) mass is 382 g/mol. The van der Waals surface area contributed by atoms with E-state index in [-0.39, 0.29) is 0 Å². The van der Waals surface area contributed by atoms with Gasteiger partial charge in [-0.3, -0.25) is 0 Å². The van der Waals surface area contributed by atoms with Crippen molar-refractivity contribution in [2.45, 2.75) is 0 Å². The minimum Gasteiger partial charge on any atom is -0.0616 e. The standard InChI is InChI=1S/C30H22/c1-3-13-29-25(7-1)9-5-11-27(29)21-19-23-15-17-24(18-16-23)20-22-28-12-6-10-26-8-2-4-14-30(26)28/h1-22H. The topological polar surface area (TPSA) is 0 Å². The average Bonchev–Trinajstić information content (AvgIpc) is 2.82. The van der Waals surface area contributed by atoms with Crippen LogP contribution >= 0.6 is 0 Å². The van der Waals surface area contributed by atoms with E-state index >= 15 is 0 Å². The highest BCUT2D eigenvalue weighted by Gasteiger charge is 1.98. The molecule has 0 fully saturated rings. The van der Waals surface area contributed by atoms with Gasteiger partial charge in [0.05, 0.1) is 0 Å². The Labute approximate surface area is 177 Å². The number of rotatable bonds is 4. The number of hydrogen-bond donors (Lipinski definition) is 0. The van der Waals surface area contributed by atoms with E-state index in [0.29, 0.717) is 0 Å². The lowest BCUT2D eigenvalue weighted by Gasteiger charge is -2.03. The molecule has 0 aliphatic rings. The van der Waals surface area contributed by atoms with E-state index in [1.807, 2.05) is 0 Å². The summed E-state index contributed by atoms with van der Waals surface area (Å²) >= 11 is 0. The van der Waals surface area contributed by atoms with E-state index in [1.165, 1.54) is 43.8 Å². The Kier molecular flexibility index (Phi) is 4.98. The molecule has 0 aromatic heterocycles. The first kappa shape index (κ1) is 18.1. The lowest BCUT2D eigenvalue weighted by atomic mass is 10.0. The Bertz CT molecular complexity index is 1250. The van der Waals surface area contributed by atoms with Crippen LogP contribution in [0.15, 0.2) is 109 Å². The van der Waals surface area contributed by atoms with Crippen LogP contribution in [-0.4, -0.2) is 0 Å². The molecular weight excluding hydrogens is 360 g/mol. The summed E-state index contributed by atoms with van der Waals surface area (Å²) in [5, 5.41) is 5.11. The van der Waals surface area contributed by atoms with E-state index < -0.39 is 0 Å². The van der Waals surface area contributed by atoms with Gasteiger partial charge >= 0.3 is 0 Å². The van der Waals surface area contributed by atoms with Crippen LogP contribution in [0.1, 0.15) is 22.3 Å². The Balaban J connectivity index is 1.36. The van der Waals surface area contributed by atoms with Gasteiger partial charge in [0.2, 0.25) is 0 Å². The fourth-order valence-corrected chi connectivity index (χ4v) is 3.88. The fourth-order valence-electron chi connectivity index (χ4n) is 3.88. The van der Waals surface area contributed by atoms with Crippen molar-refractivity contribution in [1.29, 1.82) is 0 Å². The second-order valence-corrected chi connectivity index (χ2v) is 7.47. The molecule has 0 radical (unpaired) electrons. The van der Waals surface area contributed by atoms with Gasteiger partial charge < -0.3 is 0 Å². The van der Waals surface area contributed by atoms with Gasteiger partial charge in [-0.05, 0) is 43.8 Å². The van der Waals surface area contributed by atoms with Crippen molar-refractivity contribution < 1.29 is 0 Å². The first-order valence-corrected chi connectivity index (χ1v) is 10.3. The van der Waals surface area contributed by atoms with Crippen LogP contribution in [0.3, 0.4) is 0 Å². The molecule has 30 heavy (non-hydrogen) atoms. The van der Waals surface area contributed by atoms with Crippen LogP contribution < -0.4 is 0 Å². The Morgan fingerprint density at radius 1 is 0.333 bits per heavy atom. The summed E-state index contributed by atoms with van der Waals surface area (Å²) in [6, 6.07) is 38.6. The second kappa shape index (κ2) is 8.23. The third-order valence-corrected chi connectivity index (χ3v) is 5.49. The molecule has 0 spiro atoms. The molecule has 0 unspecified atom stereocenters. The van der Waals surface area contributed by atoms with Crippen molar-refractivity contribution in [3.05, 3.63) is 131 Å². The molecular formula is C30H22. The van der Waals surface area contributed by atoms with Crippen LogP contribution in [0.5, 0.6) is 0 Å². The SMILES string of the molecule is C(=Cc1cccc2ccccc12)c1ccc(C=Cc2cccc3ccccc23)cc1. The Hall–Kier alpha value is -3.90. The molecule has 0 nitrogen and oxygen atoms in total. The first-order chi connectivity index (χ1) is 14.9. The summed E-state index contributed by atoms with van der Waals surface area (Å²) in [4.78, 5) is 0. The summed E-state index contributed by atoms with van der Waals surface area (Å²) < 4.78 is 0. The van der Waals surface area contributed by atoms with Crippen molar-refractivity contribution in [3.8, 4) is 0 Å². The average molecular weight is 383 g/mol. The molecule has 0 amide bonds. The van der Waals surface area contributed by atoms with E-state index in [4.69, 9.17) is 0 Å². The largest absolute Gasteiger partial charge is 0.0616 e. The number of benzene rings is 5. The summed E-state index contributed by atoms with van der Waals surface area (Å²) in [5.41, 5.74) is 4.89. The van der Waals surface area contributed by atoms with Gasteiger partial charge in [0.25, 0.3) is 0 Å². The van der Waals surface area contributed by atoms with Gasteiger partial charge in [0, 0.05) is 0 Å². The van der Waals surface area contributed by atoms with Gasteiger partial charge in [-0.25, -0.2) is 0 Å². The summed E-state index contributed by atoms with van der Waals surface area (Å²) in [6.45, 7) is 0. The predicted molar refractivity (Wildman–Crippen MR) is 132 cm³/mol. The zero-order valence-electron chi connectivity index (χ0n) is 16.7. The van der Waals surface area contributed by atoms with Gasteiger partial charge in [-0.1, -0.05) is 133 Å². The molecule has 0 aliphatic heterocycles.